The number of rotatable bonds is 11. The predicted octanol–water partition coefficient (Wildman–Crippen LogP) is 2.48. The summed E-state index contributed by atoms with van der Waals surface area (Å²) in [4.78, 5) is 6.84. The lowest BCUT2D eigenvalue weighted by Gasteiger charge is -2.30. The number of nitrogens with zero attached hydrogens (tertiary/aromatic N) is 2. The van der Waals surface area contributed by atoms with Gasteiger partial charge >= 0.3 is 0 Å². The summed E-state index contributed by atoms with van der Waals surface area (Å²) in [6.45, 7) is 15.7. The van der Waals surface area contributed by atoms with Gasteiger partial charge in [0.25, 0.3) is 0 Å². The van der Waals surface area contributed by atoms with Crippen molar-refractivity contribution in [1.29, 1.82) is 0 Å². The van der Waals surface area contributed by atoms with Crippen LogP contribution in [0.5, 0.6) is 0 Å². The Morgan fingerprint density at radius 3 is 2.30 bits per heavy atom. The Morgan fingerprint density at radius 1 is 1.17 bits per heavy atom. The van der Waals surface area contributed by atoms with Crippen molar-refractivity contribution in [2.45, 2.75) is 66.0 Å². The molecule has 1 saturated carbocycles. The molecule has 0 amide bonds. The summed E-state index contributed by atoms with van der Waals surface area (Å²) >= 11 is 0. The summed E-state index contributed by atoms with van der Waals surface area (Å²) in [6, 6.07) is 1.14. The average molecular weight is 327 g/mol. The number of ether oxygens (including phenoxy) is 1. The number of nitrogens with one attached hydrogen (secondary N) is 2. The molecule has 0 saturated heterocycles. The smallest absolute Gasteiger partial charge is 0.191 e. The van der Waals surface area contributed by atoms with E-state index < -0.39 is 0 Å². The maximum atomic E-state index is 5.50. The highest BCUT2D eigenvalue weighted by atomic mass is 16.5. The third-order valence-electron chi connectivity index (χ3n) is 4.78. The topological polar surface area (TPSA) is 48.9 Å². The normalized spacial score (nSPS) is 17.2. The van der Waals surface area contributed by atoms with Crippen LogP contribution < -0.4 is 10.6 Å². The van der Waals surface area contributed by atoms with Crippen LogP contribution in [-0.2, 0) is 4.74 Å². The molecule has 0 aromatic carbocycles. The van der Waals surface area contributed by atoms with Crippen LogP contribution in [0.2, 0.25) is 0 Å². The Labute approximate surface area is 143 Å². The molecule has 136 valence electrons. The van der Waals surface area contributed by atoms with E-state index in [0.29, 0.717) is 17.5 Å². The standard InChI is InChI=1S/C18H38N4O/c1-7-23-13-10-18(8-9-18)14-21-17(19-6)20-11-12-22(15(2)3)16(4)5/h15-16H,7-14H2,1-6H3,(H2,19,20,21). The quantitative estimate of drug-likeness (QED) is 0.348. The van der Waals surface area contributed by atoms with Gasteiger partial charge in [-0.25, -0.2) is 0 Å². The minimum Gasteiger partial charge on any atom is -0.382 e. The first-order valence-electron chi connectivity index (χ1n) is 9.22. The molecule has 0 bridgehead atoms. The zero-order chi connectivity index (χ0) is 17.3. The van der Waals surface area contributed by atoms with Crippen LogP contribution in [0.15, 0.2) is 4.99 Å². The van der Waals surface area contributed by atoms with E-state index in [4.69, 9.17) is 4.74 Å². The summed E-state index contributed by atoms with van der Waals surface area (Å²) in [7, 11) is 1.84. The second-order valence-electron chi connectivity index (χ2n) is 7.22. The van der Waals surface area contributed by atoms with Gasteiger partial charge in [-0.3, -0.25) is 9.89 Å². The first-order chi connectivity index (χ1) is 10.9. The summed E-state index contributed by atoms with van der Waals surface area (Å²) in [5, 5.41) is 6.94. The van der Waals surface area contributed by atoms with Gasteiger partial charge in [-0.1, -0.05) is 0 Å². The molecule has 0 aromatic heterocycles. The second-order valence-corrected chi connectivity index (χ2v) is 7.22. The van der Waals surface area contributed by atoms with Gasteiger partial charge in [-0.2, -0.15) is 0 Å². The number of aliphatic imine (C=N–C) groups is 1. The van der Waals surface area contributed by atoms with Crippen molar-refractivity contribution < 1.29 is 4.74 Å². The van der Waals surface area contributed by atoms with Crippen LogP contribution in [0.4, 0.5) is 0 Å². The van der Waals surface area contributed by atoms with E-state index in [1.807, 2.05) is 7.05 Å². The lowest BCUT2D eigenvalue weighted by atomic mass is 10.0. The fourth-order valence-electron chi connectivity index (χ4n) is 3.03. The maximum Gasteiger partial charge on any atom is 0.191 e. The lowest BCUT2D eigenvalue weighted by Crippen LogP contribution is -2.46. The molecule has 23 heavy (non-hydrogen) atoms. The third-order valence-corrected chi connectivity index (χ3v) is 4.78. The van der Waals surface area contributed by atoms with Crippen LogP contribution in [-0.4, -0.2) is 62.8 Å². The molecular weight excluding hydrogens is 288 g/mol. The monoisotopic (exact) mass is 326 g/mol. The molecule has 1 aliphatic carbocycles. The van der Waals surface area contributed by atoms with E-state index in [-0.39, 0.29) is 0 Å². The Kier molecular flexibility index (Phi) is 8.92. The van der Waals surface area contributed by atoms with Crippen molar-refractivity contribution in [3.8, 4) is 0 Å². The molecule has 1 fully saturated rings. The zero-order valence-corrected chi connectivity index (χ0v) is 16.1. The van der Waals surface area contributed by atoms with Crippen molar-refractivity contribution >= 4 is 5.96 Å². The van der Waals surface area contributed by atoms with Crippen LogP contribution in [0.3, 0.4) is 0 Å². The van der Waals surface area contributed by atoms with Gasteiger partial charge < -0.3 is 15.4 Å². The van der Waals surface area contributed by atoms with Crippen LogP contribution in [0.1, 0.15) is 53.9 Å². The Morgan fingerprint density at radius 2 is 1.83 bits per heavy atom. The number of hydrogen-bond acceptors (Lipinski definition) is 3. The summed E-state index contributed by atoms with van der Waals surface area (Å²) in [6.07, 6.45) is 3.76. The first kappa shape index (κ1) is 20.2. The molecule has 5 nitrogen and oxygen atoms in total. The van der Waals surface area contributed by atoms with Gasteiger partial charge in [0.1, 0.15) is 0 Å². The highest BCUT2D eigenvalue weighted by Crippen LogP contribution is 2.48. The first-order valence-corrected chi connectivity index (χ1v) is 9.22. The largest absolute Gasteiger partial charge is 0.382 e. The molecule has 0 unspecified atom stereocenters. The number of hydrogen-bond donors (Lipinski definition) is 2. The molecule has 5 heteroatoms. The van der Waals surface area contributed by atoms with Gasteiger partial charge in [0, 0.05) is 52.0 Å². The van der Waals surface area contributed by atoms with Crippen molar-refractivity contribution in [1.82, 2.24) is 15.5 Å². The molecule has 0 heterocycles. The SMILES string of the molecule is CCOCCC1(CNC(=NC)NCCN(C(C)C)C(C)C)CC1. The van der Waals surface area contributed by atoms with E-state index in [2.05, 4.69) is 55.1 Å². The Balaban J connectivity index is 2.27. The minimum atomic E-state index is 0.439. The van der Waals surface area contributed by atoms with Crippen LogP contribution >= 0.6 is 0 Å². The summed E-state index contributed by atoms with van der Waals surface area (Å²) < 4.78 is 5.50. The molecule has 2 N–H and O–H groups in total. The highest BCUT2D eigenvalue weighted by molar-refractivity contribution is 5.79. The van der Waals surface area contributed by atoms with Gasteiger partial charge in [0.15, 0.2) is 5.96 Å². The molecule has 0 aromatic rings. The lowest BCUT2D eigenvalue weighted by molar-refractivity contribution is 0.128. The predicted molar refractivity (Wildman–Crippen MR) is 99.1 cm³/mol. The average Bonchev–Trinajstić information content (AvgIpc) is 3.26. The van der Waals surface area contributed by atoms with Crippen LogP contribution in [0, 0.1) is 5.41 Å². The molecule has 0 aliphatic heterocycles. The molecule has 1 aliphatic rings. The molecule has 0 atom stereocenters. The van der Waals surface area contributed by atoms with E-state index >= 15 is 0 Å². The Bertz CT molecular complexity index is 343. The third kappa shape index (κ3) is 7.53. The maximum absolute atomic E-state index is 5.50. The second kappa shape index (κ2) is 10.1. The molecule has 0 radical (unpaired) electrons. The van der Waals surface area contributed by atoms with Gasteiger partial charge in [-0.15, -0.1) is 0 Å². The van der Waals surface area contributed by atoms with E-state index in [1.165, 1.54) is 12.8 Å². The van der Waals surface area contributed by atoms with Crippen LogP contribution in [0.25, 0.3) is 0 Å². The summed E-state index contributed by atoms with van der Waals surface area (Å²) in [5.74, 6) is 0.917. The van der Waals surface area contributed by atoms with Crippen molar-refractivity contribution in [2.24, 2.45) is 10.4 Å². The fraction of sp³-hybridized carbons (Fsp3) is 0.944. The minimum absolute atomic E-state index is 0.439. The van der Waals surface area contributed by atoms with Crippen molar-refractivity contribution in [3.05, 3.63) is 0 Å². The van der Waals surface area contributed by atoms with Gasteiger partial charge in [0.2, 0.25) is 0 Å². The fourth-order valence-corrected chi connectivity index (χ4v) is 3.03. The molecular formula is C18H38N4O. The van der Waals surface area contributed by atoms with E-state index in [9.17, 15) is 0 Å². The molecule has 1 rings (SSSR count). The highest BCUT2D eigenvalue weighted by Gasteiger charge is 2.41. The zero-order valence-electron chi connectivity index (χ0n) is 16.1. The van der Waals surface area contributed by atoms with E-state index in [0.717, 1.165) is 45.2 Å². The van der Waals surface area contributed by atoms with Gasteiger partial charge in [0.05, 0.1) is 0 Å². The number of guanidine groups is 1. The van der Waals surface area contributed by atoms with Gasteiger partial charge in [-0.05, 0) is 59.3 Å². The van der Waals surface area contributed by atoms with Crippen molar-refractivity contribution in [2.75, 3.05) is 39.9 Å². The molecule has 0 spiro atoms. The summed E-state index contributed by atoms with van der Waals surface area (Å²) in [5.41, 5.74) is 0.439. The van der Waals surface area contributed by atoms with E-state index in [1.54, 1.807) is 0 Å². The Hall–Kier alpha value is -0.810. The van der Waals surface area contributed by atoms with Crippen molar-refractivity contribution in [3.63, 3.8) is 0 Å².